The summed E-state index contributed by atoms with van der Waals surface area (Å²) in [6.07, 6.45) is -11.4. The van der Waals surface area contributed by atoms with Gasteiger partial charge in [0.05, 0.1) is 23.6 Å². The Morgan fingerprint density at radius 3 is 2.24 bits per heavy atom. The van der Waals surface area contributed by atoms with Crippen molar-refractivity contribution in [1.29, 1.82) is 0 Å². The maximum atomic E-state index is 12.9. The molecule has 0 amide bonds. The summed E-state index contributed by atoms with van der Waals surface area (Å²) in [4.78, 5) is 13.6. The molecule has 0 aromatic carbocycles. The lowest BCUT2D eigenvalue weighted by molar-refractivity contribution is -0.276. The van der Waals surface area contributed by atoms with Crippen molar-refractivity contribution < 1.29 is 41.0 Å². The molecular formula is C10H6ClF6NO3. The summed E-state index contributed by atoms with van der Waals surface area (Å²) in [6.45, 7) is 0. The van der Waals surface area contributed by atoms with Crippen LogP contribution in [-0.2, 0) is 23.3 Å². The molecule has 11 heteroatoms. The van der Waals surface area contributed by atoms with E-state index in [-0.39, 0.29) is 6.07 Å². The minimum atomic E-state index is -5.18. The first-order valence-corrected chi connectivity index (χ1v) is 5.61. The third kappa shape index (κ3) is 4.96. The monoisotopic (exact) mass is 337 g/mol. The van der Waals surface area contributed by atoms with E-state index in [9.17, 15) is 31.1 Å². The fourth-order valence-electron chi connectivity index (χ4n) is 1.54. The minimum Gasteiger partial charge on any atom is -0.481 e. The second-order valence-corrected chi connectivity index (χ2v) is 3.96. The Balaban J connectivity index is 3.46. The van der Waals surface area contributed by atoms with E-state index in [0.29, 0.717) is 0 Å². The van der Waals surface area contributed by atoms with Crippen molar-refractivity contribution in [2.45, 2.75) is 24.8 Å². The number of rotatable bonds is 4. The van der Waals surface area contributed by atoms with Crippen LogP contribution in [0.5, 0.6) is 5.88 Å². The van der Waals surface area contributed by atoms with E-state index < -0.39 is 53.5 Å². The molecule has 1 N–H and O–H groups in total. The second kappa shape index (κ2) is 5.96. The van der Waals surface area contributed by atoms with Crippen molar-refractivity contribution in [2.24, 2.45) is 0 Å². The molecule has 0 saturated carbocycles. The van der Waals surface area contributed by atoms with Gasteiger partial charge in [0.2, 0.25) is 5.88 Å². The summed E-state index contributed by atoms with van der Waals surface area (Å²) in [6, 6.07) is 0.278. The molecule has 0 aliphatic heterocycles. The van der Waals surface area contributed by atoms with Gasteiger partial charge in [0, 0.05) is 6.07 Å². The van der Waals surface area contributed by atoms with Gasteiger partial charge >= 0.3 is 18.5 Å². The largest absolute Gasteiger partial charge is 0.574 e. The first-order valence-electron chi connectivity index (χ1n) is 5.07. The van der Waals surface area contributed by atoms with Crippen molar-refractivity contribution >= 4 is 17.6 Å². The highest BCUT2D eigenvalue weighted by atomic mass is 35.5. The van der Waals surface area contributed by atoms with E-state index in [1.165, 1.54) is 0 Å². The molecule has 1 aromatic rings. The Kier molecular flexibility index (Phi) is 4.92. The van der Waals surface area contributed by atoms with Crippen LogP contribution in [0.3, 0.4) is 0 Å². The number of hydrogen-bond donors (Lipinski definition) is 1. The number of halogens is 7. The number of aromatic nitrogens is 1. The molecule has 0 spiro atoms. The molecule has 0 bridgehead atoms. The van der Waals surface area contributed by atoms with Gasteiger partial charge in [-0.15, -0.1) is 24.8 Å². The smallest absolute Gasteiger partial charge is 0.481 e. The molecule has 0 unspecified atom stereocenters. The van der Waals surface area contributed by atoms with Crippen LogP contribution in [0.2, 0.25) is 0 Å². The third-order valence-electron chi connectivity index (χ3n) is 2.12. The van der Waals surface area contributed by atoms with Gasteiger partial charge in [-0.1, -0.05) is 0 Å². The summed E-state index contributed by atoms with van der Waals surface area (Å²) >= 11 is 5.24. The number of carbonyl (C=O) groups is 1. The van der Waals surface area contributed by atoms with Crippen LogP contribution in [0.15, 0.2) is 6.07 Å². The van der Waals surface area contributed by atoms with E-state index in [4.69, 9.17) is 16.7 Å². The van der Waals surface area contributed by atoms with Crippen LogP contribution in [-0.4, -0.2) is 22.4 Å². The summed E-state index contributed by atoms with van der Waals surface area (Å²) < 4.78 is 78.2. The average molecular weight is 338 g/mol. The molecule has 0 aliphatic rings. The van der Waals surface area contributed by atoms with E-state index in [2.05, 4.69) is 9.72 Å². The zero-order valence-electron chi connectivity index (χ0n) is 9.85. The standard InChI is InChI=1S/C10H6ClF6NO3/c11-3-5-8(9(12,13)14)4(2-7(19)20)1-6(18-5)21-10(15,16)17/h1H,2-3H2,(H,19,20). The molecule has 1 heterocycles. The highest BCUT2D eigenvalue weighted by Crippen LogP contribution is 2.37. The highest BCUT2D eigenvalue weighted by molar-refractivity contribution is 6.17. The molecule has 21 heavy (non-hydrogen) atoms. The quantitative estimate of drug-likeness (QED) is 0.676. The van der Waals surface area contributed by atoms with Crippen molar-refractivity contribution in [3.8, 4) is 5.88 Å². The van der Waals surface area contributed by atoms with Crippen LogP contribution >= 0.6 is 11.6 Å². The maximum Gasteiger partial charge on any atom is 0.574 e. The minimum absolute atomic E-state index is 0.278. The molecule has 0 fully saturated rings. The number of alkyl halides is 7. The van der Waals surface area contributed by atoms with Gasteiger partial charge in [0.1, 0.15) is 0 Å². The van der Waals surface area contributed by atoms with Gasteiger partial charge in [0.15, 0.2) is 0 Å². The Morgan fingerprint density at radius 1 is 1.29 bits per heavy atom. The number of pyridine rings is 1. The lowest BCUT2D eigenvalue weighted by Gasteiger charge is -2.17. The Bertz CT molecular complexity index is 543. The van der Waals surface area contributed by atoms with E-state index in [1.807, 2.05) is 0 Å². The third-order valence-corrected chi connectivity index (χ3v) is 2.38. The van der Waals surface area contributed by atoms with Gasteiger partial charge in [-0.2, -0.15) is 13.2 Å². The number of ether oxygens (including phenoxy) is 1. The fourth-order valence-corrected chi connectivity index (χ4v) is 1.74. The number of carboxylic acids is 1. The van der Waals surface area contributed by atoms with Crippen molar-refractivity contribution in [2.75, 3.05) is 0 Å². The average Bonchev–Trinajstić information content (AvgIpc) is 2.22. The zero-order chi connectivity index (χ0) is 16.4. The Labute approximate surface area is 118 Å². The van der Waals surface area contributed by atoms with Gasteiger partial charge < -0.3 is 9.84 Å². The number of nitrogens with zero attached hydrogens (tertiary/aromatic N) is 1. The second-order valence-electron chi connectivity index (χ2n) is 3.69. The number of carboxylic acid groups (broad SMARTS) is 1. The van der Waals surface area contributed by atoms with Gasteiger partial charge in [0.25, 0.3) is 0 Å². The maximum absolute atomic E-state index is 12.9. The Hall–Kier alpha value is -1.71. The van der Waals surface area contributed by atoms with Crippen LogP contribution in [0, 0.1) is 0 Å². The van der Waals surface area contributed by atoms with Crippen molar-refractivity contribution in [1.82, 2.24) is 4.98 Å². The summed E-state index contributed by atoms with van der Waals surface area (Å²) in [7, 11) is 0. The molecule has 0 aliphatic carbocycles. The van der Waals surface area contributed by atoms with E-state index >= 15 is 0 Å². The van der Waals surface area contributed by atoms with Crippen LogP contribution in [0.4, 0.5) is 26.3 Å². The van der Waals surface area contributed by atoms with Gasteiger partial charge in [-0.3, -0.25) is 4.79 Å². The molecule has 1 rings (SSSR count). The fraction of sp³-hybridized carbons (Fsp3) is 0.400. The SMILES string of the molecule is O=C(O)Cc1cc(OC(F)(F)F)nc(CCl)c1C(F)(F)F. The van der Waals surface area contributed by atoms with Crippen molar-refractivity contribution in [3.05, 3.63) is 22.9 Å². The van der Waals surface area contributed by atoms with Gasteiger partial charge in [-0.05, 0) is 5.56 Å². The molecule has 0 saturated heterocycles. The number of hydrogen-bond acceptors (Lipinski definition) is 3. The first-order chi connectivity index (χ1) is 9.44. The predicted octanol–water partition coefficient (Wildman–Crippen LogP) is 3.36. The Morgan fingerprint density at radius 2 is 1.86 bits per heavy atom. The summed E-state index contributed by atoms with van der Waals surface area (Å²) in [5.41, 5.74) is -3.34. The van der Waals surface area contributed by atoms with Crippen LogP contribution in [0.1, 0.15) is 16.8 Å². The topological polar surface area (TPSA) is 59.4 Å². The lowest BCUT2D eigenvalue weighted by atomic mass is 10.0. The molecule has 118 valence electrons. The zero-order valence-corrected chi connectivity index (χ0v) is 10.6. The van der Waals surface area contributed by atoms with Gasteiger partial charge in [-0.25, -0.2) is 4.98 Å². The molecule has 0 radical (unpaired) electrons. The number of aliphatic carboxylic acids is 1. The highest BCUT2D eigenvalue weighted by Gasteiger charge is 2.39. The van der Waals surface area contributed by atoms with E-state index in [1.54, 1.807) is 0 Å². The van der Waals surface area contributed by atoms with Crippen LogP contribution in [0.25, 0.3) is 0 Å². The summed E-state index contributed by atoms with van der Waals surface area (Å²) in [5.74, 6) is -3.73. The molecular weight excluding hydrogens is 332 g/mol. The lowest BCUT2D eigenvalue weighted by Crippen LogP contribution is -2.21. The first kappa shape index (κ1) is 17.3. The molecule has 1 aromatic heterocycles. The van der Waals surface area contributed by atoms with Crippen LogP contribution < -0.4 is 4.74 Å². The molecule has 4 nitrogen and oxygen atoms in total. The molecule has 0 atom stereocenters. The normalized spacial score (nSPS) is 12.3. The summed E-state index contributed by atoms with van der Waals surface area (Å²) in [5, 5.41) is 8.56. The van der Waals surface area contributed by atoms with E-state index in [0.717, 1.165) is 0 Å². The predicted molar refractivity (Wildman–Crippen MR) is 56.8 cm³/mol. The van der Waals surface area contributed by atoms with Crippen molar-refractivity contribution in [3.63, 3.8) is 0 Å².